The summed E-state index contributed by atoms with van der Waals surface area (Å²) in [6.07, 6.45) is 0.907. The van der Waals surface area contributed by atoms with Crippen LogP contribution in [0.4, 0.5) is 0 Å². The van der Waals surface area contributed by atoms with Crippen LogP contribution in [-0.2, 0) is 0 Å². The minimum atomic E-state index is 0.137. The first kappa shape index (κ1) is 10.7. The van der Waals surface area contributed by atoms with E-state index < -0.39 is 0 Å². The Labute approximate surface area is 92.7 Å². The monoisotopic (exact) mass is 288 g/mol. The van der Waals surface area contributed by atoms with Crippen LogP contribution < -0.4 is 0 Å². The lowest BCUT2D eigenvalue weighted by Gasteiger charge is -2.06. The first-order valence-electron chi connectivity index (χ1n) is 4.45. The molecule has 0 heterocycles. The van der Waals surface area contributed by atoms with Gasteiger partial charge in [0.1, 0.15) is 0 Å². The third-order valence-electron chi connectivity index (χ3n) is 2.17. The maximum absolute atomic E-state index is 11.7. The van der Waals surface area contributed by atoms with Crippen molar-refractivity contribution in [2.24, 2.45) is 5.92 Å². The summed E-state index contributed by atoms with van der Waals surface area (Å²) in [6, 6.07) is 7.75. The first-order chi connectivity index (χ1) is 6.15. The van der Waals surface area contributed by atoms with Gasteiger partial charge in [-0.15, -0.1) is 0 Å². The molecule has 13 heavy (non-hydrogen) atoms. The van der Waals surface area contributed by atoms with Crippen molar-refractivity contribution < 1.29 is 4.79 Å². The second kappa shape index (κ2) is 4.74. The van der Waals surface area contributed by atoms with Gasteiger partial charge in [-0.1, -0.05) is 26.0 Å². The van der Waals surface area contributed by atoms with E-state index in [0.29, 0.717) is 0 Å². The zero-order chi connectivity index (χ0) is 9.84. The van der Waals surface area contributed by atoms with Crippen molar-refractivity contribution in [2.75, 3.05) is 0 Å². The normalized spacial score (nSPS) is 12.5. The summed E-state index contributed by atoms with van der Waals surface area (Å²) in [7, 11) is 0. The van der Waals surface area contributed by atoms with E-state index in [4.69, 9.17) is 0 Å². The highest BCUT2D eigenvalue weighted by Gasteiger charge is 2.12. The van der Waals surface area contributed by atoms with Gasteiger partial charge in [-0.3, -0.25) is 4.79 Å². The molecule has 0 spiro atoms. The Bertz CT molecular complexity index is 307. The highest BCUT2D eigenvalue weighted by molar-refractivity contribution is 14.1. The van der Waals surface area contributed by atoms with Gasteiger partial charge in [0.05, 0.1) is 0 Å². The van der Waals surface area contributed by atoms with Gasteiger partial charge in [0.25, 0.3) is 0 Å². The summed E-state index contributed by atoms with van der Waals surface area (Å²) in [4.78, 5) is 11.7. The van der Waals surface area contributed by atoms with E-state index in [0.717, 1.165) is 15.6 Å². The number of carbonyl (C=O) groups is 1. The highest BCUT2D eigenvalue weighted by atomic mass is 127. The molecule has 0 N–H and O–H groups in total. The van der Waals surface area contributed by atoms with Crippen LogP contribution in [0, 0.1) is 9.49 Å². The summed E-state index contributed by atoms with van der Waals surface area (Å²) in [6.45, 7) is 4.01. The fraction of sp³-hybridized carbons (Fsp3) is 0.364. The molecule has 0 aromatic heterocycles. The number of hydrogen-bond acceptors (Lipinski definition) is 1. The molecular formula is C11H13IO. The summed E-state index contributed by atoms with van der Waals surface area (Å²) in [5, 5.41) is 0. The number of Topliss-reactive ketones (excluding diaryl/α,β-unsaturated/α-hetero) is 1. The van der Waals surface area contributed by atoms with Crippen molar-refractivity contribution in [3.05, 3.63) is 33.4 Å². The molecule has 0 aliphatic heterocycles. The van der Waals surface area contributed by atoms with Gasteiger partial charge in [0.2, 0.25) is 0 Å². The van der Waals surface area contributed by atoms with Crippen molar-refractivity contribution in [1.82, 2.24) is 0 Å². The van der Waals surface area contributed by atoms with Crippen molar-refractivity contribution >= 4 is 28.4 Å². The van der Waals surface area contributed by atoms with Crippen molar-refractivity contribution in [3.8, 4) is 0 Å². The molecule has 1 rings (SSSR count). The molecule has 70 valence electrons. The van der Waals surface area contributed by atoms with Crippen LogP contribution in [0.1, 0.15) is 30.6 Å². The molecule has 0 saturated heterocycles. The van der Waals surface area contributed by atoms with Crippen LogP contribution in [0.3, 0.4) is 0 Å². The largest absolute Gasteiger partial charge is 0.294 e. The lowest BCUT2D eigenvalue weighted by atomic mass is 9.97. The first-order valence-corrected chi connectivity index (χ1v) is 5.52. The van der Waals surface area contributed by atoms with Gasteiger partial charge >= 0.3 is 0 Å². The summed E-state index contributed by atoms with van der Waals surface area (Å²) < 4.78 is 1.12. The fourth-order valence-electron chi connectivity index (χ4n) is 1.11. The molecule has 0 radical (unpaired) electrons. The zero-order valence-electron chi connectivity index (χ0n) is 7.88. The van der Waals surface area contributed by atoms with E-state index in [2.05, 4.69) is 22.6 Å². The minimum absolute atomic E-state index is 0.137. The molecule has 0 aliphatic rings. The second-order valence-electron chi connectivity index (χ2n) is 3.18. The molecule has 2 heteroatoms. The van der Waals surface area contributed by atoms with Crippen LogP contribution in [0.5, 0.6) is 0 Å². The molecule has 0 saturated carbocycles. The van der Waals surface area contributed by atoms with Gasteiger partial charge in [-0.25, -0.2) is 0 Å². The molecule has 0 aliphatic carbocycles. The number of benzene rings is 1. The van der Waals surface area contributed by atoms with Gasteiger partial charge in [0, 0.05) is 15.1 Å². The van der Waals surface area contributed by atoms with E-state index in [1.807, 2.05) is 38.1 Å². The molecular weight excluding hydrogens is 275 g/mol. The Morgan fingerprint density at radius 2 is 2.23 bits per heavy atom. The smallest absolute Gasteiger partial charge is 0.165 e. The molecule has 0 fully saturated rings. The topological polar surface area (TPSA) is 17.1 Å². The highest BCUT2D eigenvalue weighted by Crippen LogP contribution is 2.14. The quantitative estimate of drug-likeness (QED) is 0.614. The molecule has 1 unspecified atom stereocenters. The Balaban J connectivity index is 2.89. The van der Waals surface area contributed by atoms with E-state index in [1.54, 1.807) is 0 Å². The maximum atomic E-state index is 11.7. The summed E-state index contributed by atoms with van der Waals surface area (Å²) >= 11 is 2.22. The minimum Gasteiger partial charge on any atom is -0.294 e. The SMILES string of the molecule is CCC(C)C(=O)c1cccc(I)c1. The third kappa shape index (κ3) is 2.79. The van der Waals surface area contributed by atoms with E-state index >= 15 is 0 Å². The number of ketones is 1. The molecule has 1 nitrogen and oxygen atoms in total. The summed E-state index contributed by atoms with van der Waals surface area (Å²) in [5.74, 6) is 0.388. The number of rotatable bonds is 3. The molecule has 1 aromatic carbocycles. The van der Waals surface area contributed by atoms with Crippen LogP contribution in [-0.4, -0.2) is 5.78 Å². The Kier molecular flexibility index (Phi) is 3.90. The Morgan fingerprint density at radius 1 is 1.54 bits per heavy atom. The lowest BCUT2D eigenvalue weighted by molar-refractivity contribution is 0.0927. The lowest BCUT2D eigenvalue weighted by Crippen LogP contribution is -2.09. The van der Waals surface area contributed by atoms with Gasteiger partial charge in [0.15, 0.2) is 5.78 Å². The number of carbonyl (C=O) groups excluding carboxylic acids is 1. The molecule has 1 aromatic rings. The van der Waals surface area contributed by atoms with E-state index in [1.165, 1.54) is 0 Å². The van der Waals surface area contributed by atoms with Crippen molar-refractivity contribution in [3.63, 3.8) is 0 Å². The van der Waals surface area contributed by atoms with E-state index in [9.17, 15) is 4.79 Å². The standard InChI is InChI=1S/C11H13IO/c1-3-8(2)11(13)9-5-4-6-10(12)7-9/h4-8H,3H2,1-2H3. The predicted octanol–water partition coefficient (Wildman–Crippen LogP) is 3.52. The summed E-state index contributed by atoms with van der Waals surface area (Å²) in [5.41, 5.74) is 0.834. The third-order valence-corrected chi connectivity index (χ3v) is 2.84. The molecule has 1 atom stereocenters. The van der Waals surface area contributed by atoms with Crippen LogP contribution in [0.25, 0.3) is 0 Å². The number of hydrogen-bond donors (Lipinski definition) is 0. The molecule has 0 amide bonds. The van der Waals surface area contributed by atoms with Crippen molar-refractivity contribution in [2.45, 2.75) is 20.3 Å². The van der Waals surface area contributed by atoms with Crippen molar-refractivity contribution in [1.29, 1.82) is 0 Å². The van der Waals surface area contributed by atoms with Gasteiger partial charge in [-0.05, 0) is 41.1 Å². The van der Waals surface area contributed by atoms with Crippen LogP contribution in [0.2, 0.25) is 0 Å². The average molecular weight is 288 g/mol. The molecule has 0 bridgehead atoms. The number of halogens is 1. The van der Waals surface area contributed by atoms with E-state index in [-0.39, 0.29) is 11.7 Å². The van der Waals surface area contributed by atoms with Crippen LogP contribution >= 0.6 is 22.6 Å². The Hall–Kier alpha value is -0.380. The van der Waals surface area contributed by atoms with Crippen LogP contribution in [0.15, 0.2) is 24.3 Å². The Morgan fingerprint density at radius 3 is 2.77 bits per heavy atom. The maximum Gasteiger partial charge on any atom is 0.165 e. The van der Waals surface area contributed by atoms with Gasteiger partial charge in [-0.2, -0.15) is 0 Å². The fourth-order valence-corrected chi connectivity index (χ4v) is 1.65. The second-order valence-corrected chi connectivity index (χ2v) is 4.43. The zero-order valence-corrected chi connectivity index (χ0v) is 10.0. The van der Waals surface area contributed by atoms with Gasteiger partial charge < -0.3 is 0 Å². The average Bonchev–Trinajstić information content (AvgIpc) is 2.15. The predicted molar refractivity (Wildman–Crippen MR) is 62.9 cm³/mol.